The van der Waals surface area contributed by atoms with Crippen LogP contribution < -0.4 is 4.74 Å². The van der Waals surface area contributed by atoms with Crippen LogP contribution in [0, 0.1) is 10.1 Å². The van der Waals surface area contributed by atoms with Crippen molar-refractivity contribution in [3.05, 3.63) is 33.4 Å². The maximum absolute atomic E-state index is 11.6. The lowest BCUT2D eigenvalue weighted by Crippen LogP contribution is -2.24. The molecule has 0 spiro atoms. The van der Waals surface area contributed by atoms with Crippen molar-refractivity contribution >= 4 is 23.6 Å². The molecule has 0 bridgehead atoms. The molecule has 0 fully saturated rings. The van der Waals surface area contributed by atoms with Gasteiger partial charge in [0.25, 0.3) is 5.69 Å². The van der Waals surface area contributed by atoms with E-state index in [1.165, 1.54) is 0 Å². The molecular weight excluding hydrogens is 350 g/mol. The fourth-order valence-electron chi connectivity index (χ4n) is 1.98. The first-order valence-corrected chi connectivity index (χ1v) is 7.56. The molecule has 10 heteroatoms. The highest BCUT2D eigenvalue weighted by Gasteiger charge is 2.25. The summed E-state index contributed by atoms with van der Waals surface area (Å²) in [6.45, 7) is 4.95. The number of aromatic carboxylic acids is 2. The summed E-state index contributed by atoms with van der Waals surface area (Å²) < 4.78 is 10.3. The molecule has 0 aliphatic rings. The van der Waals surface area contributed by atoms with Gasteiger partial charge >= 0.3 is 17.9 Å². The number of carbonyl (C=O) groups excluding carboxylic acids is 1. The molecule has 0 unspecified atom stereocenters. The zero-order valence-corrected chi connectivity index (χ0v) is 14.5. The number of rotatable bonds is 8. The SMILES string of the molecule is CC(C)(C)OC(=O)CCCOc1c(C(=O)O)cc([N+](=O)[O-])cc1C(=O)O. The van der Waals surface area contributed by atoms with Crippen LogP contribution in [0.3, 0.4) is 0 Å². The third kappa shape index (κ3) is 6.04. The number of nitro benzene ring substituents is 1. The summed E-state index contributed by atoms with van der Waals surface area (Å²) >= 11 is 0. The van der Waals surface area contributed by atoms with Crippen molar-refractivity contribution in [3.8, 4) is 5.75 Å². The van der Waals surface area contributed by atoms with Crippen LogP contribution in [0.2, 0.25) is 0 Å². The number of nitrogens with zero attached hydrogens (tertiary/aromatic N) is 1. The van der Waals surface area contributed by atoms with Crippen molar-refractivity contribution in [3.63, 3.8) is 0 Å². The molecule has 0 heterocycles. The number of esters is 1. The average molecular weight is 369 g/mol. The molecule has 1 rings (SSSR count). The lowest BCUT2D eigenvalue weighted by molar-refractivity contribution is -0.384. The molecular formula is C16H19NO9. The second-order valence-corrected chi connectivity index (χ2v) is 6.28. The molecule has 1 aromatic rings. The minimum Gasteiger partial charge on any atom is -0.492 e. The molecule has 26 heavy (non-hydrogen) atoms. The van der Waals surface area contributed by atoms with E-state index < -0.39 is 51.0 Å². The summed E-state index contributed by atoms with van der Waals surface area (Å²) in [4.78, 5) is 44.1. The third-order valence-corrected chi connectivity index (χ3v) is 2.94. The number of hydrogen-bond donors (Lipinski definition) is 2. The molecule has 1 aromatic carbocycles. The predicted molar refractivity (Wildman–Crippen MR) is 87.6 cm³/mol. The van der Waals surface area contributed by atoms with Gasteiger partial charge in [0.05, 0.1) is 11.5 Å². The lowest BCUT2D eigenvalue weighted by atomic mass is 10.1. The van der Waals surface area contributed by atoms with Crippen LogP contribution >= 0.6 is 0 Å². The van der Waals surface area contributed by atoms with Crippen LogP contribution in [0.15, 0.2) is 12.1 Å². The standard InChI is InChI=1S/C16H19NO9/c1-16(2,3)26-12(18)5-4-6-25-13-10(14(19)20)7-9(17(23)24)8-11(13)15(21)22/h7-8H,4-6H2,1-3H3,(H,19,20)(H,21,22). The van der Waals surface area contributed by atoms with Crippen molar-refractivity contribution in [1.82, 2.24) is 0 Å². The van der Waals surface area contributed by atoms with E-state index in [-0.39, 0.29) is 19.4 Å². The van der Waals surface area contributed by atoms with Gasteiger partial charge in [-0.05, 0) is 27.2 Å². The Bertz CT molecular complexity index is 699. The Morgan fingerprint density at radius 3 is 2.00 bits per heavy atom. The van der Waals surface area contributed by atoms with Gasteiger partial charge in [0.15, 0.2) is 0 Å². The van der Waals surface area contributed by atoms with E-state index in [1.807, 2.05) is 0 Å². The molecule has 0 saturated heterocycles. The Balaban J connectivity index is 2.94. The van der Waals surface area contributed by atoms with Gasteiger partial charge < -0.3 is 19.7 Å². The first-order chi connectivity index (χ1) is 11.9. The van der Waals surface area contributed by atoms with Crippen molar-refractivity contribution in [2.24, 2.45) is 0 Å². The second kappa shape index (κ2) is 8.28. The normalized spacial score (nSPS) is 10.9. The van der Waals surface area contributed by atoms with Crippen LogP contribution in [-0.4, -0.2) is 45.3 Å². The second-order valence-electron chi connectivity index (χ2n) is 6.28. The zero-order chi connectivity index (χ0) is 20.1. The highest BCUT2D eigenvalue weighted by Crippen LogP contribution is 2.30. The maximum Gasteiger partial charge on any atom is 0.339 e. The molecule has 0 aliphatic heterocycles. The zero-order valence-electron chi connectivity index (χ0n) is 14.5. The Morgan fingerprint density at radius 2 is 1.62 bits per heavy atom. The molecule has 0 amide bonds. The van der Waals surface area contributed by atoms with Crippen LogP contribution in [0.1, 0.15) is 54.3 Å². The van der Waals surface area contributed by atoms with E-state index in [4.69, 9.17) is 9.47 Å². The Labute approximate surface area is 148 Å². The van der Waals surface area contributed by atoms with Crippen molar-refractivity contribution < 1.29 is 39.0 Å². The van der Waals surface area contributed by atoms with Crippen molar-refractivity contribution in [1.29, 1.82) is 0 Å². The van der Waals surface area contributed by atoms with Crippen LogP contribution in [-0.2, 0) is 9.53 Å². The first-order valence-electron chi connectivity index (χ1n) is 7.56. The molecule has 10 nitrogen and oxygen atoms in total. The van der Waals surface area contributed by atoms with Crippen molar-refractivity contribution in [2.75, 3.05) is 6.61 Å². The summed E-state index contributed by atoms with van der Waals surface area (Å²) in [5.41, 5.74) is -2.62. The van der Waals surface area contributed by atoms with Crippen LogP contribution in [0.4, 0.5) is 5.69 Å². The van der Waals surface area contributed by atoms with Gasteiger partial charge in [-0.15, -0.1) is 0 Å². The van der Waals surface area contributed by atoms with Gasteiger partial charge in [-0.1, -0.05) is 0 Å². The van der Waals surface area contributed by atoms with Gasteiger partial charge in [0.1, 0.15) is 22.5 Å². The smallest absolute Gasteiger partial charge is 0.339 e. The largest absolute Gasteiger partial charge is 0.492 e. The quantitative estimate of drug-likeness (QED) is 0.304. The number of benzene rings is 1. The minimum absolute atomic E-state index is 0.0188. The molecule has 0 radical (unpaired) electrons. The van der Waals surface area contributed by atoms with Gasteiger partial charge in [-0.25, -0.2) is 9.59 Å². The number of non-ortho nitro benzene ring substituents is 1. The van der Waals surface area contributed by atoms with Gasteiger partial charge in [-0.3, -0.25) is 14.9 Å². The fourth-order valence-corrected chi connectivity index (χ4v) is 1.98. The monoisotopic (exact) mass is 369 g/mol. The van der Waals surface area contributed by atoms with E-state index in [1.54, 1.807) is 20.8 Å². The van der Waals surface area contributed by atoms with Gasteiger partial charge in [-0.2, -0.15) is 0 Å². The number of carboxylic acid groups (broad SMARTS) is 2. The molecule has 0 saturated carbocycles. The molecule has 0 aromatic heterocycles. The predicted octanol–water partition coefficient (Wildman–Crippen LogP) is 2.49. The van der Waals surface area contributed by atoms with E-state index >= 15 is 0 Å². The van der Waals surface area contributed by atoms with E-state index in [2.05, 4.69) is 0 Å². The number of ether oxygens (including phenoxy) is 2. The van der Waals surface area contributed by atoms with E-state index in [0.717, 1.165) is 12.1 Å². The number of carboxylic acids is 2. The molecule has 142 valence electrons. The van der Waals surface area contributed by atoms with E-state index in [0.29, 0.717) is 0 Å². The Kier molecular flexibility index (Phi) is 6.64. The molecule has 2 N–H and O–H groups in total. The summed E-state index contributed by atoms with van der Waals surface area (Å²) in [6.07, 6.45) is 0.124. The summed E-state index contributed by atoms with van der Waals surface area (Å²) in [7, 11) is 0. The third-order valence-electron chi connectivity index (χ3n) is 2.94. The van der Waals surface area contributed by atoms with Gasteiger partial charge in [0, 0.05) is 18.6 Å². The van der Waals surface area contributed by atoms with Crippen molar-refractivity contribution in [2.45, 2.75) is 39.2 Å². The van der Waals surface area contributed by atoms with Crippen LogP contribution in [0.5, 0.6) is 5.75 Å². The lowest BCUT2D eigenvalue weighted by Gasteiger charge is -2.19. The first kappa shape index (κ1) is 20.9. The Hall–Kier alpha value is -3.17. The summed E-state index contributed by atoms with van der Waals surface area (Å²) in [5.74, 6) is -4.13. The minimum atomic E-state index is -1.57. The Morgan fingerprint density at radius 1 is 1.12 bits per heavy atom. The van der Waals surface area contributed by atoms with Crippen LogP contribution in [0.25, 0.3) is 0 Å². The average Bonchev–Trinajstić information content (AvgIpc) is 2.48. The van der Waals surface area contributed by atoms with Gasteiger partial charge in [0.2, 0.25) is 0 Å². The number of nitro groups is 1. The molecule has 0 aliphatic carbocycles. The number of carbonyl (C=O) groups is 3. The number of hydrogen-bond acceptors (Lipinski definition) is 7. The highest BCUT2D eigenvalue weighted by molar-refractivity contribution is 6.00. The fraction of sp³-hybridized carbons (Fsp3) is 0.438. The molecule has 0 atom stereocenters. The maximum atomic E-state index is 11.6. The summed E-state index contributed by atoms with van der Waals surface area (Å²) in [5, 5.41) is 29.2. The van der Waals surface area contributed by atoms with E-state index in [9.17, 15) is 34.7 Å². The topological polar surface area (TPSA) is 153 Å². The highest BCUT2D eigenvalue weighted by atomic mass is 16.6. The summed E-state index contributed by atoms with van der Waals surface area (Å²) in [6, 6.07) is 1.44.